The van der Waals surface area contributed by atoms with Crippen molar-refractivity contribution in [3.8, 4) is 0 Å². The topological polar surface area (TPSA) is 46.2 Å². The first-order chi connectivity index (χ1) is 8.89. The van der Waals surface area contributed by atoms with Crippen LogP contribution in [0.2, 0.25) is 0 Å². The summed E-state index contributed by atoms with van der Waals surface area (Å²) >= 11 is 1.70. The molecule has 0 saturated heterocycles. The first kappa shape index (κ1) is 14.1. The van der Waals surface area contributed by atoms with E-state index in [1.165, 1.54) is 4.90 Å². The van der Waals surface area contributed by atoms with Crippen LogP contribution in [0.3, 0.4) is 0 Å². The van der Waals surface area contributed by atoms with Gasteiger partial charge in [-0.15, -0.1) is 11.8 Å². The highest BCUT2D eigenvalue weighted by atomic mass is 32.2. The first-order valence-corrected chi connectivity index (χ1v) is 7.41. The van der Waals surface area contributed by atoms with E-state index in [0.29, 0.717) is 0 Å². The van der Waals surface area contributed by atoms with Gasteiger partial charge in [0.15, 0.2) is 5.78 Å². The van der Waals surface area contributed by atoms with E-state index < -0.39 is 5.41 Å². The molecule has 1 atom stereocenters. The SMILES string of the molecule is CC(C)(C)C(=O)CNC(=O)C1CSc2ccccc21. The average Bonchev–Trinajstić information content (AvgIpc) is 2.78. The number of ketones is 1. The lowest BCUT2D eigenvalue weighted by atomic mass is 9.90. The second-order valence-electron chi connectivity index (χ2n) is 5.79. The van der Waals surface area contributed by atoms with Crippen molar-refractivity contribution >= 4 is 23.5 Å². The molecule has 0 fully saturated rings. The lowest BCUT2D eigenvalue weighted by Gasteiger charge is -2.18. The molecule has 1 aliphatic heterocycles. The first-order valence-electron chi connectivity index (χ1n) is 6.42. The summed E-state index contributed by atoms with van der Waals surface area (Å²) in [5, 5.41) is 2.77. The van der Waals surface area contributed by atoms with Crippen LogP contribution < -0.4 is 5.32 Å². The van der Waals surface area contributed by atoms with Gasteiger partial charge in [-0.2, -0.15) is 0 Å². The van der Waals surface area contributed by atoms with Crippen LogP contribution in [-0.2, 0) is 9.59 Å². The number of benzene rings is 1. The molecule has 0 aromatic heterocycles. The maximum Gasteiger partial charge on any atom is 0.228 e. The molecule has 1 aliphatic rings. The number of thioether (sulfide) groups is 1. The molecule has 4 heteroatoms. The zero-order valence-corrected chi connectivity index (χ0v) is 12.3. The van der Waals surface area contributed by atoms with Crippen molar-refractivity contribution in [2.45, 2.75) is 31.6 Å². The van der Waals surface area contributed by atoms with Crippen molar-refractivity contribution in [1.29, 1.82) is 0 Å². The Balaban J connectivity index is 1.98. The normalized spacial score (nSPS) is 17.9. The van der Waals surface area contributed by atoms with Gasteiger partial charge >= 0.3 is 0 Å². The van der Waals surface area contributed by atoms with Gasteiger partial charge in [0.05, 0.1) is 12.5 Å². The Morgan fingerprint density at radius 2 is 2.00 bits per heavy atom. The number of carbonyl (C=O) groups excluding carboxylic acids is 2. The highest BCUT2D eigenvalue weighted by Gasteiger charge is 2.30. The number of carbonyl (C=O) groups is 2. The van der Waals surface area contributed by atoms with E-state index in [4.69, 9.17) is 0 Å². The van der Waals surface area contributed by atoms with Crippen LogP contribution in [0.25, 0.3) is 0 Å². The summed E-state index contributed by atoms with van der Waals surface area (Å²) < 4.78 is 0. The molecule has 1 aromatic rings. The minimum absolute atomic E-state index is 0.0462. The molecular weight excluding hydrogens is 258 g/mol. The fourth-order valence-electron chi connectivity index (χ4n) is 1.94. The monoisotopic (exact) mass is 277 g/mol. The van der Waals surface area contributed by atoms with Crippen LogP contribution in [0.1, 0.15) is 32.3 Å². The lowest BCUT2D eigenvalue weighted by Crippen LogP contribution is -2.38. The van der Waals surface area contributed by atoms with Crippen molar-refractivity contribution in [1.82, 2.24) is 5.32 Å². The molecule has 1 aromatic carbocycles. The third kappa shape index (κ3) is 3.18. The van der Waals surface area contributed by atoms with Crippen LogP contribution in [0.4, 0.5) is 0 Å². The molecule has 2 rings (SSSR count). The van der Waals surface area contributed by atoms with E-state index in [-0.39, 0.29) is 24.2 Å². The van der Waals surface area contributed by atoms with Gasteiger partial charge in [-0.05, 0) is 11.6 Å². The van der Waals surface area contributed by atoms with Gasteiger partial charge in [-0.1, -0.05) is 39.0 Å². The van der Waals surface area contributed by atoms with E-state index in [2.05, 4.69) is 5.32 Å². The number of amides is 1. The Labute approximate surface area is 118 Å². The number of fused-ring (bicyclic) bond motifs is 1. The minimum atomic E-state index is -0.407. The van der Waals surface area contributed by atoms with Crippen molar-refractivity contribution in [2.24, 2.45) is 5.41 Å². The van der Waals surface area contributed by atoms with Gasteiger partial charge in [-0.3, -0.25) is 9.59 Å². The smallest absolute Gasteiger partial charge is 0.228 e. The summed E-state index contributed by atoms with van der Waals surface area (Å²) in [6.45, 7) is 5.71. The predicted octanol–water partition coefficient (Wildman–Crippen LogP) is 2.61. The zero-order valence-electron chi connectivity index (χ0n) is 11.5. The lowest BCUT2D eigenvalue weighted by molar-refractivity contribution is -0.129. The standard InChI is InChI=1S/C15H19NO2S/c1-15(2,3)13(17)8-16-14(18)11-9-19-12-7-5-4-6-10(11)12/h4-7,11H,8-9H2,1-3H3,(H,16,18). The molecule has 0 spiro atoms. The summed E-state index contributed by atoms with van der Waals surface area (Å²) in [4.78, 5) is 25.1. The summed E-state index contributed by atoms with van der Waals surface area (Å²) in [7, 11) is 0. The fourth-order valence-corrected chi connectivity index (χ4v) is 3.16. The molecular formula is C15H19NO2S. The molecule has 0 aliphatic carbocycles. The molecule has 0 radical (unpaired) electrons. The molecule has 3 nitrogen and oxygen atoms in total. The Morgan fingerprint density at radius 1 is 1.32 bits per heavy atom. The molecule has 1 N–H and O–H groups in total. The quantitative estimate of drug-likeness (QED) is 0.923. The fraction of sp³-hybridized carbons (Fsp3) is 0.467. The third-order valence-electron chi connectivity index (χ3n) is 3.28. The maximum atomic E-state index is 12.2. The maximum absolute atomic E-state index is 12.2. The van der Waals surface area contributed by atoms with Crippen LogP contribution in [-0.4, -0.2) is 24.0 Å². The Hall–Kier alpha value is -1.29. The van der Waals surface area contributed by atoms with E-state index in [0.717, 1.165) is 11.3 Å². The predicted molar refractivity (Wildman–Crippen MR) is 77.4 cm³/mol. The minimum Gasteiger partial charge on any atom is -0.348 e. The molecule has 1 unspecified atom stereocenters. The zero-order chi connectivity index (χ0) is 14.0. The van der Waals surface area contributed by atoms with Gasteiger partial charge in [0, 0.05) is 16.1 Å². The van der Waals surface area contributed by atoms with Gasteiger partial charge in [0.25, 0.3) is 0 Å². The number of Topliss-reactive ketones (excluding diaryl/α,β-unsaturated/α-hetero) is 1. The molecule has 0 bridgehead atoms. The molecule has 19 heavy (non-hydrogen) atoms. The second-order valence-corrected chi connectivity index (χ2v) is 6.85. The van der Waals surface area contributed by atoms with Gasteiger partial charge in [0.2, 0.25) is 5.91 Å². The van der Waals surface area contributed by atoms with Gasteiger partial charge < -0.3 is 5.32 Å². The average molecular weight is 277 g/mol. The van der Waals surface area contributed by atoms with Crippen LogP contribution in [0, 0.1) is 5.41 Å². The molecule has 102 valence electrons. The van der Waals surface area contributed by atoms with E-state index in [1.807, 2.05) is 45.0 Å². The molecule has 0 saturated carbocycles. The van der Waals surface area contributed by atoms with Gasteiger partial charge in [-0.25, -0.2) is 0 Å². The van der Waals surface area contributed by atoms with Crippen molar-refractivity contribution in [3.63, 3.8) is 0 Å². The van der Waals surface area contributed by atoms with Crippen LogP contribution in [0.5, 0.6) is 0 Å². The highest BCUT2D eigenvalue weighted by molar-refractivity contribution is 7.99. The third-order valence-corrected chi connectivity index (χ3v) is 4.46. The number of nitrogens with one attached hydrogen (secondary N) is 1. The molecule has 1 amide bonds. The van der Waals surface area contributed by atoms with Crippen LogP contribution >= 0.6 is 11.8 Å². The highest BCUT2D eigenvalue weighted by Crippen LogP contribution is 2.39. The van der Waals surface area contributed by atoms with Crippen molar-refractivity contribution in [2.75, 3.05) is 12.3 Å². The second kappa shape index (κ2) is 5.37. The summed E-state index contributed by atoms with van der Waals surface area (Å²) in [5.74, 6) is 0.637. The number of hydrogen-bond donors (Lipinski definition) is 1. The number of hydrogen-bond acceptors (Lipinski definition) is 3. The Morgan fingerprint density at radius 3 is 2.68 bits per heavy atom. The number of rotatable bonds is 3. The largest absolute Gasteiger partial charge is 0.348 e. The summed E-state index contributed by atoms with van der Waals surface area (Å²) in [6.07, 6.45) is 0. The Kier molecular flexibility index (Phi) is 3.99. The van der Waals surface area contributed by atoms with Crippen molar-refractivity contribution in [3.05, 3.63) is 29.8 Å². The van der Waals surface area contributed by atoms with Crippen molar-refractivity contribution < 1.29 is 9.59 Å². The summed E-state index contributed by atoms with van der Waals surface area (Å²) in [5.41, 5.74) is 0.670. The summed E-state index contributed by atoms with van der Waals surface area (Å²) in [6, 6.07) is 7.96. The van der Waals surface area contributed by atoms with Crippen LogP contribution in [0.15, 0.2) is 29.2 Å². The van der Waals surface area contributed by atoms with E-state index in [1.54, 1.807) is 11.8 Å². The Bertz CT molecular complexity index is 505. The molecule has 1 heterocycles. The van der Waals surface area contributed by atoms with E-state index >= 15 is 0 Å². The van der Waals surface area contributed by atoms with E-state index in [9.17, 15) is 9.59 Å². The van der Waals surface area contributed by atoms with Gasteiger partial charge in [0.1, 0.15) is 0 Å².